The number of amides is 2. The second-order valence-electron chi connectivity index (χ2n) is 7.13. The maximum Gasteiger partial charge on any atom is 0.292 e. The van der Waals surface area contributed by atoms with Gasteiger partial charge in [-0.2, -0.15) is 0 Å². The normalized spacial score (nSPS) is 13.3. The Balaban J connectivity index is 1.61. The van der Waals surface area contributed by atoms with E-state index in [0.29, 0.717) is 22.7 Å². The third-order valence-corrected chi connectivity index (χ3v) is 6.30. The van der Waals surface area contributed by atoms with Gasteiger partial charge in [0.15, 0.2) is 5.76 Å². The molecule has 2 aromatic heterocycles. The average molecular weight is 397 g/mol. The molecule has 28 heavy (non-hydrogen) atoms. The van der Waals surface area contributed by atoms with Crippen molar-refractivity contribution in [2.75, 3.05) is 11.9 Å². The zero-order valence-corrected chi connectivity index (χ0v) is 16.8. The molecule has 0 saturated carbocycles. The van der Waals surface area contributed by atoms with Crippen LogP contribution >= 0.6 is 11.3 Å². The van der Waals surface area contributed by atoms with Gasteiger partial charge in [-0.25, -0.2) is 0 Å². The smallest absolute Gasteiger partial charge is 0.292 e. The molecular weight excluding hydrogens is 372 g/mol. The highest BCUT2D eigenvalue weighted by molar-refractivity contribution is 7.17. The predicted molar refractivity (Wildman–Crippen MR) is 112 cm³/mol. The number of aryl methyl sites for hydroxylation is 1. The van der Waals surface area contributed by atoms with Gasteiger partial charge in [0.1, 0.15) is 10.6 Å². The molecule has 3 aromatic rings. The molecule has 2 N–H and O–H groups in total. The number of carbonyl (C=O) groups excluding carboxylic acids is 2. The van der Waals surface area contributed by atoms with Crippen LogP contribution in [0.2, 0.25) is 0 Å². The lowest BCUT2D eigenvalue weighted by atomic mass is 9.95. The number of hydrogen-bond donors (Lipinski definition) is 2. The van der Waals surface area contributed by atoms with Crippen LogP contribution in [0.3, 0.4) is 0 Å². The molecule has 5 nitrogen and oxygen atoms in total. The SMILES string of the molecule is CCCCNC(=O)c1c(NC(=O)c2cc3ccccc3o2)sc2c1CCCC2. The maximum atomic E-state index is 12.9. The maximum absolute atomic E-state index is 12.9. The lowest BCUT2D eigenvalue weighted by Gasteiger charge is -2.13. The van der Waals surface area contributed by atoms with Gasteiger partial charge in [-0.15, -0.1) is 11.3 Å². The van der Waals surface area contributed by atoms with E-state index in [4.69, 9.17) is 4.42 Å². The van der Waals surface area contributed by atoms with Crippen LogP contribution < -0.4 is 10.6 Å². The lowest BCUT2D eigenvalue weighted by molar-refractivity contribution is 0.0953. The molecule has 0 unspecified atom stereocenters. The Labute approximate surface area is 168 Å². The number of rotatable bonds is 6. The molecule has 146 valence electrons. The molecule has 0 bridgehead atoms. The van der Waals surface area contributed by atoms with Crippen molar-refractivity contribution in [1.82, 2.24) is 5.32 Å². The van der Waals surface area contributed by atoms with E-state index in [-0.39, 0.29) is 17.6 Å². The number of anilines is 1. The zero-order valence-electron chi connectivity index (χ0n) is 16.0. The molecule has 0 aliphatic heterocycles. The third-order valence-electron chi connectivity index (χ3n) is 5.09. The minimum Gasteiger partial charge on any atom is -0.451 e. The molecule has 2 amide bonds. The van der Waals surface area contributed by atoms with Crippen molar-refractivity contribution in [3.8, 4) is 0 Å². The topological polar surface area (TPSA) is 71.3 Å². The molecule has 0 radical (unpaired) electrons. The highest BCUT2D eigenvalue weighted by atomic mass is 32.1. The quantitative estimate of drug-likeness (QED) is 0.566. The van der Waals surface area contributed by atoms with Crippen molar-refractivity contribution in [2.24, 2.45) is 0 Å². The molecule has 0 atom stereocenters. The van der Waals surface area contributed by atoms with E-state index in [1.807, 2.05) is 24.3 Å². The van der Waals surface area contributed by atoms with E-state index in [2.05, 4.69) is 17.6 Å². The molecule has 0 saturated heterocycles. The van der Waals surface area contributed by atoms with Gasteiger partial charge in [0.25, 0.3) is 11.8 Å². The Morgan fingerprint density at radius 1 is 1.14 bits per heavy atom. The van der Waals surface area contributed by atoms with Crippen molar-refractivity contribution < 1.29 is 14.0 Å². The van der Waals surface area contributed by atoms with Crippen LogP contribution in [0.15, 0.2) is 34.7 Å². The molecule has 1 aromatic carbocycles. The van der Waals surface area contributed by atoms with E-state index >= 15 is 0 Å². The van der Waals surface area contributed by atoms with Gasteiger partial charge in [-0.1, -0.05) is 31.5 Å². The van der Waals surface area contributed by atoms with Crippen LogP contribution in [0, 0.1) is 0 Å². The number of nitrogens with one attached hydrogen (secondary N) is 2. The van der Waals surface area contributed by atoms with Crippen molar-refractivity contribution >= 4 is 39.1 Å². The molecule has 6 heteroatoms. The van der Waals surface area contributed by atoms with Crippen molar-refractivity contribution in [2.45, 2.75) is 45.4 Å². The molecule has 2 heterocycles. The summed E-state index contributed by atoms with van der Waals surface area (Å²) >= 11 is 1.52. The molecular formula is C22H24N2O3S. The third kappa shape index (κ3) is 3.69. The molecule has 4 rings (SSSR count). The first kappa shape index (κ1) is 18.7. The van der Waals surface area contributed by atoms with Crippen LogP contribution in [0.5, 0.6) is 0 Å². The van der Waals surface area contributed by atoms with Gasteiger partial charge in [0.05, 0.1) is 5.56 Å². The van der Waals surface area contributed by atoms with E-state index in [1.54, 1.807) is 6.07 Å². The average Bonchev–Trinajstić information content (AvgIpc) is 3.29. The summed E-state index contributed by atoms with van der Waals surface area (Å²) < 4.78 is 5.68. The summed E-state index contributed by atoms with van der Waals surface area (Å²) in [4.78, 5) is 26.9. The van der Waals surface area contributed by atoms with Gasteiger partial charge in [-0.3, -0.25) is 9.59 Å². The largest absolute Gasteiger partial charge is 0.451 e. The van der Waals surface area contributed by atoms with Gasteiger partial charge < -0.3 is 15.1 Å². The number of thiophene rings is 1. The standard InChI is InChI=1S/C22H24N2O3S/c1-2-3-12-23-21(26)19-15-9-5-7-11-18(15)28-22(19)24-20(25)17-13-14-8-4-6-10-16(14)27-17/h4,6,8,10,13H,2-3,5,7,9,11-12H2,1H3,(H,23,26)(H,24,25). The van der Waals surface area contributed by atoms with Gasteiger partial charge in [0, 0.05) is 16.8 Å². The number of fused-ring (bicyclic) bond motifs is 2. The van der Waals surface area contributed by atoms with E-state index in [0.717, 1.165) is 49.5 Å². The van der Waals surface area contributed by atoms with Crippen molar-refractivity contribution in [1.29, 1.82) is 0 Å². The Kier molecular flexibility index (Phi) is 5.48. The number of furan rings is 1. The summed E-state index contributed by atoms with van der Waals surface area (Å²) in [6.07, 6.45) is 6.03. The lowest BCUT2D eigenvalue weighted by Crippen LogP contribution is -2.26. The monoisotopic (exact) mass is 396 g/mol. The summed E-state index contributed by atoms with van der Waals surface area (Å²) in [6, 6.07) is 9.26. The van der Waals surface area contributed by atoms with Crippen molar-refractivity contribution in [3.63, 3.8) is 0 Å². The molecule has 0 fully saturated rings. The number of para-hydroxylation sites is 1. The summed E-state index contributed by atoms with van der Waals surface area (Å²) in [5.41, 5.74) is 2.42. The minimum atomic E-state index is -0.322. The Morgan fingerprint density at radius 3 is 2.79 bits per heavy atom. The van der Waals surface area contributed by atoms with Crippen LogP contribution in [0.4, 0.5) is 5.00 Å². The fourth-order valence-corrected chi connectivity index (χ4v) is 4.90. The van der Waals surface area contributed by atoms with Crippen LogP contribution in [-0.2, 0) is 12.8 Å². The van der Waals surface area contributed by atoms with Gasteiger partial charge in [0.2, 0.25) is 0 Å². The molecule has 1 aliphatic rings. The number of benzene rings is 1. The van der Waals surface area contributed by atoms with Gasteiger partial charge >= 0.3 is 0 Å². The van der Waals surface area contributed by atoms with Gasteiger partial charge in [-0.05, 0) is 49.8 Å². The van der Waals surface area contributed by atoms with E-state index < -0.39 is 0 Å². The molecule has 1 aliphatic carbocycles. The Morgan fingerprint density at radius 2 is 1.96 bits per heavy atom. The summed E-state index contributed by atoms with van der Waals surface area (Å²) in [6.45, 7) is 2.74. The predicted octanol–water partition coefficient (Wildman–Crippen LogP) is 5.16. The number of carbonyl (C=O) groups is 2. The van der Waals surface area contributed by atoms with Crippen LogP contribution in [0.1, 0.15) is 64.0 Å². The number of hydrogen-bond acceptors (Lipinski definition) is 4. The van der Waals surface area contributed by atoms with Crippen LogP contribution in [0.25, 0.3) is 11.0 Å². The van der Waals surface area contributed by atoms with E-state index in [1.165, 1.54) is 16.2 Å². The first-order valence-electron chi connectivity index (χ1n) is 9.90. The fourth-order valence-electron chi connectivity index (χ4n) is 3.62. The summed E-state index contributed by atoms with van der Waals surface area (Å²) in [5, 5.41) is 7.46. The summed E-state index contributed by atoms with van der Waals surface area (Å²) in [5.74, 6) is -0.157. The molecule has 0 spiro atoms. The highest BCUT2D eigenvalue weighted by Gasteiger charge is 2.27. The minimum absolute atomic E-state index is 0.0900. The first-order valence-corrected chi connectivity index (χ1v) is 10.7. The Bertz CT molecular complexity index is 985. The fraction of sp³-hybridized carbons (Fsp3) is 0.364. The zero-order chi connectivity index (χ0) is 19.5. The van der Waals surface area contributed by atoms with Crippen molar-refractivity contribution in [3.05, 3.63) is 52.1 Å². The second kappa shape index (κ2) is 8.19. The van der Waals surface area contributed by atoms with E-state index in [9.17, 15) is 9.59 Å². The second-order valence-corrected chi connectivity index (χ2v) is 8.23. The number of unbranched alkanes of at least 4 members (excludes halogenated alkanes) is 1. The van der Waals surface area contributed by atoms with Crippen LogP contribution in [-0.4, -0.2) is 18.4 Å². The highest BCUT2D eigenvalue weighted by Crippen LogP contribution is 2.38. The Hall–Kier alpha value is -2.60. The summed E-state index contributed by atoms with van der Waals surface area (Å²) in [7, 11) is 0. The first-order chi connectivity index (χ1) is 13.7.